The van der Waals surface area contributed by atoms with Crippen molar-refractivity contribution in [3.05, 3.63) is 65.1 Å². The first kappa shape index (κ1) is 17.5. The van der Waals surface area contributed by atoms with Crippen molar-refractivity contribution in [3.63, 3.8) is 0 Å². The summed E-state index contributed by atoms with van der Waals surface area (Å²) in [4.78, 5) is 26.6. The lowest BCUT2D eigenvalue weighted by atomic mass is 9.96. The zero-order chi connectivity index (χ0) is 19.1. The number of aldehydes is 1. The summed E-state index contributed by atoms with van der Waals surface area (Å²) >= 11 is 0. The van der Waals surface area contributed by atoms with Gasteiger partial charge in [0.2, 0.25) is 5.91 Å². The van der Waals surface area contributed by atoms with E-state index in [1.165, 1.54) is 12.1 Å². The highest BCUT2D eigenvalue weighted by molar-refractivity contribution is 6.01. The van der Waals surface area contributed by atoms with Gasteiger partial charge in [-0.3, -0.25) is 9.59 Å². The molecule has 1 aromatic heterocycles. The molecular weight excluding hydrogens is 343 g/mol. The lowest BCUT2D eigenvalue weighted by Gasteiger charge is -2.35. The normalized spacial score (nSPS) is 16.4. The Morgan fingerprint density at radius 1 is 1.26 bits per heavy atom. The van der Waals surface area contributed by atoms with Crippen LogP contribution in [-0.2, 0) is 17.8 Å². The summed E-state index contributed by atoms with van der Waals surface area (Å²) in [6.45, 7) is 4.02. The molecule has 2 heterocycles. The lowest BCUT2D eigenvalue weighted by molar-refractivity contribution is -0.119. The number of benzene rings is 2. The predicted molar refractivity (Wildman–Crippen MR) is 104 cm³/mol. The molecule has 0 fully saturated rings. The summed E-state index contributed by atoms with van der Waals surface area (Å²) in [5.41, 5.74) is 3.92. The Kier molecular flexibility index (Phi) is 4.30. The Bertz CT molecular complexity index is 1050. The zero-order valence-corrected chi connectivity index (χ0v) is 15.4. The van der Waals surface area contributed by atoms with Gasteiger partial charge in [-0.2, -0.15) is 0 Å². The van der Waals surface area contributed by atoms with E-state index in [0.717, 1.165) is 47.0 Å². The fourth-order valence-electron chi connectivity index (χ4n) is 4.12. The molecule has 1 atom stereocenters. The molecule has 1 aliphatic heterocycles. The van der Waals surface area contributed by atoms with Crippen LogP contribution < -0.4 is 4.90 Å². The van der Waals surface area contributed by atoms with Gasteiger partial charge in [-0.05, 0) is 56.5 Å². The Morgan fingerprint density at radius 2 is 2.04 bits per heavy atom. The van der Waals surface area contributed by atoms with Crippen molar-refractivity contribution in [2.75, 3.05) is 4.90 Å². The molecule has 4 nitrogen and oxygen atoms in total. The molecule has 138 valence electrons. The largest absolute Gasteiger partial charge is 0.335 e. The monoisotopic (exact) mass is 364 g/mol. The van der Waals surface area contributed by atoms with E-state index in [0.29, 0.717) is 5.56 Å². The van der Waals surface area contributed by atoms with Crippen LogP contribution in [0.2, 0.25) is 0 Å². The number of aromatic nitrogens is 1. The van der Waals surface area contributed by atoms with Crippen LogP contribution in [0.25, 0.3) is 10.9 Å². The first-order valence-corrected chi connectivity index (χ1v) is 9.14. The van der Waals surface area contributed by atoms with Gasteiger partial charge in [-0.1, -0.05) is 18.2 Å². The average molecular weight is 364 g/mol. The number of rotatable bonds is 3. The van der Waals surface area contributed by atoms with Crippen LogP contribution in [0.5, 0.6) is 0 Å². The molecule has 0 saturated heterocycles. The van der Waals surface area contributed by atoms with Crippen molar-refractivity contribution in [1.29, 1.82) is 0 Å². The van der Waals surface area contributed by atoms with Crippen molar-refractivity contribution >= 4 is 28.8 Å². The summed E-state index contributed by atoms with van der Waals surface area (Å²) in [6.07, 6.45) is 2.41. The molecule has 0 saturated carbocycles. The number of fused-ring (bicyclic) bond motifs is 2. The quantitative estimate of drug-likeness (QED) is 0.652. The molecule has 1 amide bonds. The highest BCUT2D eigenvalue weighted by atomic mass is 19.1. The number of para-hydroxylation sites is 1. The van der Waals surface area contributed by atoms with Gasteiger partial charge in [0.25, 0.3) is 0 Å². The maximum absolute atomic E-state index is 13.6. The average Bonchev–Trinajstić information content (AvgIpc) is 2.93. The van der Waals surface area contributed by atoms with Gasteiger partial charge in [-0.15, -0.1) is 0 Å². The number of nitrogens with zero attached hydrogens (tertiary/aromatic N) is 2. The van der Waals surface area contributed by atoms with E-state index in [4.69, 9.17) is 0 Å². The van der Waals surface area contributed by atoms with Crippen molar-refractivity contribution in [2.24, 2.45) is 0 Å². The summed E-state index contributed by atoms with van der Waals surface area (Å²) in [5.74, 6) is -0.338. The third-order valence-electron chi connectivity index (χ3n) is 5.53. The first-order chi connectivity index (χ1) is 13.0. The second-order valence-electron chi connectivity index (χ2n) is 7.14. The number of aryl methyl sites for hydroxylation is 1. The Labute approximate surface area is 157 Å². The molecule has 5 heteroatoms. The fraction of sp³-hybridized carbons (Fsp3) is 0.273. The van der Waals surface area contributed by atoms with Gasteiger partial charge in [0.15, 0.2) is 6.29 Å². The van der Waals surface area contributed by atoms with E-state index >= 15 is 0 Å². The Hall–Kier alpha value is -2.95. The maximum Gasteiger partial charge on any atom is 0.247 e. The number of hydrogen-bond donors (Lipinski definition) is 0. The predicted octanol–water partition coefficient (Wildman–Crippen LogP) is 4.27. The smallest absolute Gasteiger partial charge is 0.247 e. The molecule has 0 N–H and O–H groups in total. The second kappa shape index (κ2) is 6.65. The van der Waals surface area contributed by atoms with E-state index in [1.807, 2.05) is 42.7 Å². The molecule has 0 bridgehead atoms. The molecule has 1 aliphatic rings. The number of carbonyl (C=O) groups excluding carboxylic acids is 2. The van der Waals surface area contributed by atoms with E-state index in [2.05, 4.69) is 0 Å². The van der Waals surface area contributed by atoms with Gasteiger partial charge >= 0.3 is 0 Å². The fourth-order valence-corrected chi connectivity index (χ4v) is 4.12. The molecule has 2 aromatic carbocycles. The summed E-state index contributed by atoms with van der Waals surface area (Å²) in [7, 11) is 0. The van der Waals surface area contributed by atoms with Crippen molar-refractivity contribution in [1.82, 2.24) is 4.57 Å². The second-order valence-corrected chi connectivity index (χ2v) is 7.14. The molecule has 0 aliphatic carbocycles. The third-order valence-corrected chi connectivity index (χ3v) is 5.53. The van der Waals surface area contributed by atoms with E-state index in [9.17, 15) is 14.0 Å². The minimum Gasteiger partial charge on any atom is -0.335 e. The minimum absolute atomic E-state index is 0.0446. The lowest BCUT2D eigenvalue weighted by Crippen LogP contribution is -2.43. The highest BCUT2D eigenvalue weighted by Gasteiger charge is 2.29. The van der Waals surface area contributed by atoms with Crippen LogP contribution in [0.15, 0.2) is 42.5 Å². The van der Waals surface area contributed by atoms with Gasteiger partial charge in [0, 0.05) is 33.9 Å². The molecule has 4 rings (SSSR count). The number of carbonyl (C=O) groups is 2. The van der Waals surface area contributed by atoms with Crippen molar-refractivity contribution < 1.29 is 14.0 Å². The van der Waals surface area contributed by atoms with E-state index < -0.39 is 0 Å². The first-order valence-electron chi connectivity index (χ1n) is 9.14. The topological polar surface area (TPSA) is 42.3 Å². The van der Waals surface area contributed by atoms with Crippen LogP contribution in [0.3, 0.4) is 0 Å². The number of hydrogen-bond acceptors (Lipinski definition) is 2. The highest BCUT2D eigenvalue weighted by Crippen LogP contribution is 2.32. The SMILES string of the molecule is Cc1c(C=O)c2ccccc2n1CC(=O)N1c2ccc(F)cc2CC[C@H]1C. The number of anilines is 1. The molecule has 0 spiro atoms. The molecule has 3 aromatic rings. The summed E-state index contributed by atoms with van der Waals surface area (Å²) in [6, 6.07) is 12.3. The Balaban J connectivity index is 1.75. The number of halogens is 1. The van der Waals surface area contributed by atoms with Gasteiger partial charge < -0.3 is 9.47 Å². The molecule has 27 heavy (non-hydrogen) atoms. The molecule has 0 unspecified atom stereocenters. The van der Waals surface area contributed by atoms with Crippen LogP contribution in [-0.4, -0.2) is 22.8 Å². The molecule has 0 radical (unpaired) electrons. The number of amides is 1. The van der Waals surface area contributed by atoms with Crippen LogP contribution in [0, 0.1) is 12.7 Å². The van der Waals surface area contributed by atoms with Gasteiger partial charge in [0.05, 0.1) is 0 Å². The van der Waals surface area contributed by atoms with E-state index in [1.54, 1.807) is 11.0 Å². The van der Waals surface area contributed by atoms with E-state index in [-0.39, 0.29) is 24.3 Å². The van der Waals surface area contributed by atoms with Crippen molar-refractivity contribution in [2.45, 2.75) is 39.3 Å². The summed E-state index contributed by atoms with van der Waals surface area (Å²) in [5, 5.41) is 0.854. The minimum atomic E-state index is -0.279. The van der Waals surface area contributed by atoms with Gasteiger partial charge in [0.1, 0.15) is 12.4 Å². The van der Waals surface area contributed by atoms with Crippen LogP contribution >= 0.6 is 0 Å². The zero-order valence-electron chi connectivity index (χ0n) is 15.4. The maximum atomic E-state index is 13.6. The van der Waals surface area contributed by atoms with Crippen LogP contribution in [0.4, 0.5) is 10.1 Å². The van der Waals surface area contributed by atoms with Crippen molar-refractivity contribution in [3.8, 4) is 0 Å². The molecular formula is C22H21FN2O2. The van der Waals surface area contributed by atoms with Crippen LogP contribution in [0.1, 0.15) is 35.0 Å². The Morgan fingerprint density at radius 3 is 2.81 bits per heavy atom. The third kappa shape index (κ3) is 2.83. The summed E-state index contributed by atoms with van der Waals surface area (Å²) < 4.78 is 15.5. The standard InChI is InChI=1S/C22H21FN2O2/c1-14-7-8-16-11-17(23)9-10-20(16)25(14)22(27)12-24-15(2)19(13-26)18-5-3-4-6-21(18)24/h3-6,9-11,13-14H,7-8,12H2,1-2H3/t14-/m1/s1. The van der Waals surface area contributed by atoms with Gasteiger partial charge in [-0.25, -0.2) is 4.39 Å².